The van der Waals surface area contributed by atoms with Crippen LogP contribution in [0.1, 0.15) is 50.8 Å². The summed E-state index contributed by atoms with van der Waals surface area (Å²) in [4.78, 5) is 23.4. The van der Waals surface area contributed by atoms with Gasteiger partial charge in [-0.15, -0.1) is 0 Å². The maximum atomic E-state index is 12.9. The monoisotopic (exact) mass is 360 g/mol. The number of aliphatic hydroxyl groups excluding tert-OH is 1. The summed E-state index contributed by atoms with van der Waals surface area (Å²) in [7, 11) is 0. The van der Waals surface area contributed by atoms with E-state index in [2.05, 4.69) is 29.1 Å². The Labute approximate surface area is 156 Å². The molecule has 1 aliphatic rings. The summed E-state index contributed by atoms with van der Waals surface area (Å²) < 4.78 is 0. The predicted molar refractivity (Wildman–Crippen MR) is 104 cm³/mol. The topological polar surface area (TPSA) is 77.8 Å². The number of aliphatic hydroxyl groups is 1. The molecule has 1 aromatic heterocycles. The third kappa shape index (κ3) is 6.84. The third-order valence-electron chi connectivity index (χ3n) is 4.51. The minimum atomic E-state index is -0.165. The second-order valence-electron chi connectivity index (χ2n) is 7.29. The van der Waals surface area contributed by atoms with Gasteiger partial charge in [-0.2, -0.15) is 0 Å². The summed E-state index contributed by atoms with van der Waals surface area (Å²) in [5, 5.41) is 12.2. The van der Waals surface area contributed by atoms with Crippen LogP contribution in [-0.2, 0) is 11.3 Å². The number of aromatic nitrogens is 1. The Morgan fingerprint density at radius 2 is 2.15 bits per heavy atom. The van der Waals surface area contributed by atoms with Gasteiger partial charge in [0.2, 0.25) is 5.91 Å². The maximum Gasteiger partial charge on any atom is 0.239 e. The number of likely N-dealkylation sites (tertiary alicyclic amines) is 1. The average Bonchev–Trinajstić information content (AvgIpc) is 2.65. The van der Waals surface area contributed by atoms with Gasteiger partial charge in [-0.3, -0.25) is 14.8 Å². The first-order valence-electron chi connectivity index (χ1n) is 9.68. The number of nitrogens with zero attached hydrogens (tertiary/aromatic N) is 3. The number of nitrogens with one attached hydrogen (secondary N) is 1. The number of rotatable bonds is 9. The highest BCUT2D eigenvalue weighted by Crippen LogP contribution is 2.14. The van der Waals surface area contributed by atoms with Gasteiger partial charge >= 0.3 is 0 Å². The van der Waals surface area contributed by atoms with Crippen LogP contribution in [-0.4, -0.2) is 59.4 Å². The largest absolute Gasteiger partial charge is 0.394 e. The lowest BCUT2D eigenvalue weighted by Crippen LogP contribution is -2.48. The molecule has 2 heterocycles. The molecule has 26 heavy (non-hydrogen) atoms. The molecule has 0 bridgehead atoms. The van der Waals surface area contributed by atoms with Gasteiger partial charge in [-0.25, -0.2) is 0 Å². The van der Waals surface area contributed by atoms with Gasteiger partial charge in [0.25, 0.3) is 0 Å². The Bertz CT molecular complexity index is 583. The van der Waals surface area contributed by atoms with E-state index in [-0.39, 0.29) is 18.6 Å². The summed E-state index contributed by atoms with van der Waals surface area (Å²) in [6.07, 6.45) is 7.76. The molecule has 2 N–H and O–H groups in total. The van der Waals surface area contributed by atoms with Gasteiger partial charge < -0.3 is 15.3 Å². The molecule has 6 nitrogen and oxygen atoms in total. The fourth-order valence-electron chi connectivity index (χ4n) is 3.21. The molecule has 0 aliphatic carbocycles. The number of pyridine rings is 1. The van der Waals surface area contributed by atoms with Crippen LogP contribution in [0.5, 0.6) is 0 Å². The minimum absolute atomic E-state index is 0.0471. The fourth-order valence-corrected chi connectivity index (χ4v) is 3.21. The highest BCUT2D eigenvalue weighted by atomic mass is 16.3. The van der Waals surface area contributed by atoms with Crippen molar-refractivity contribution in [3.63, 3.8) is 0 Å². The van der Waals surface area contributed by atoms with E-state index in [9.17, 15) is 4.79 Å². The van der Waals surface area contributed by atoms with Gasteiger partial charge in [-0.05, 0) is 49.3 Å². The summed E-state index contributed by atoms with van der Waals surface area (Å²) in [6, 6.07) is 3.68. The molecule has 0 saturated carbocycles. The van der Waals surface area contributed by atoms with E-state index in [4.69, 9.17) is 5.11 Å². The van der Waals surface area contributed by atoms with Crippen LogP contribution < -0.4 is 5.32 Å². The highest BCUT2D eigenvalue weighted by molar-refractivity contribution is 5.82. The van der Waals surface area contributed by atoms with Gasteiger partial charge in [-0.1, -0.05) is 13.8 Å². The molecular weight excluding hydrogens is 328 g/mol. The number of hydrogen-bond donors (Lipinski definition) is 2. The van der Waals surface area contributed by atoms with Crippen molar-refractivity contribution in [2.24, 2.45) is 10.9 Å². The van der Waals surface area contributed by atoms with E-state index >= 15 is 0 Å². The standard InChI is InChI=1S/C20H32N4O2/c1-16(2)12-19(20(26)24-9-4-3-5-10-24)23-15-18-13-17(6-7-22-18)14-21-8-11-25/h6-7,13-14,16,19,23,25H,3-5,8-12,15H2,1-2H3. The first-order valence-corrected chi connectivity index (χ1v) is 9.68. The molecule has 1 fully saturated rings. The van der Waals surface area contributed by atoms with E-state index in [1.165, 1.54) is 6.42 Å². The molecule has 0 spiro atoms. The van der Waals surface area contributed by atoms with E-state index in [1.54, 1.807) is 12.4 Å². The van der Waals surface area contributed by atoms with Crippen LogP contribution in [0.2, 0.25) is 0 Å². The first kappa shape index (κ1) is 20.5. The Balaban J connectivity index is 1.97. The van der Waals surface area contributed by atoms with Crippen LogP contribution in [0.3, 0.4) is 0 Å². The normalized spacial score (nSPS) is 16.4. The number of carbonyl (C=O) groups excluding carboxylic acids is 1. The van der Waals surface area contributed by atoms with Gasteiger partial charge in [0, 0.05) is 32.0 Å². The zero-order valence-electron chi connectivity index (χ0n) is 16.0. The predicted octanol–water partition coefficient (Wildman–Crippen LogP) is 2.01. The number of amides is 1. The van der Waals surface area contributed by atoms with E-state index in [1.807, 2.05) is 17.0 Å². The molecule has 1 saturated heterocycles. The molecule has 6 heteroatoms. The van der Waals surface area contributed by atoms with Crippen LogP contribution in [0, 0.1) is 5.92 Å². The molecule has 1 unspecified atom stereocenters. The Hall–Kier alpha value is -1.79. The maximum absolute atomic E-state index is 12.9. The lowest BCUT2D eigenvalue weighted by Gasteiger charge is -2.31. The van der Waals surface area contributed by atoms with Gasteiger partial charge in [0.15, 0.2) is 0 Å². The Kier molecular flexibility index (Phi) is 8.71. The van der Waals surface area contributed by atoms with Crippen molar-refractivity contribution < 1.29 is 9.90 Å². The smallest absolute Gasteiger partial charge is 0.239 e. The summed E-state index contributed by atoms with van der Waals surface area (Å²) in [6.45, 7) is 7.05. The lowest BCUT2D eigenvalue weighted by atomic mass is 10.0. The summed E-state index contributed by atoms with van der Waals surface area (Å²) in [5.74, 6) is 0.671. The van der Waals surface area contributed by atoms with E-state index in [0.717, 1.165) is 43.6 Å². The van der Waals surface area contributed by atoms with E-state index in [0.29, 0.717) is 19.0 Å². The van der Waals surface area contributed by atoms with Crippen LogP contribution in [0.4, 0.5) is 0 Å². The minimum Gasteiger partial charge on any atom is -0.394 e. The average molecular weight is 361 g/mol. The van der Waals surface area contributed by atoms with Gasteiger partial charge in [0.1, 0.15) is 0 Å². The van der Waals surface area contributed by atoms with Crippen molar-refractivity contribution in [3.05, 3.63) is 29.6 Å². The fraction of sp³-hybridized carbons (Fsp3) is 0.650. The van der Waals surface area contributed by atoms with Crippen molar-refractivity contribution in [3.8, 4) is 0 Å². The van der Waals surface area contributed by atoms with E-state index < -0.39 is 0 Å². The number of aliphatic imine (C=N–C) groups is 1. The van der Waals surface area contributed by atoms with Crippen LogP contribution in [0.15, 0.2) is 23.3 Å². The Morgan fingerprint density at radius 3 is 2.85 bits per heavy atom. The highest BCUT2D eigenvalue weighted by Gasteiger charge is 2.25. The molecule has 1 amide bonds. The second-order valence-corrected chi connectivity index (χ2v) is 7.29. The lowest BCUT2D eigenvalue weighted by molar-refractivity contribution is -0.134. The molecule has 1 aliphatic heterocycles. The van der Waals surface area contributed by atoms with Crippen molar-refractivity contribution in [1.29, 1.82) is 0 Å². The number of hydrogen-bond acceptors (Lipinski definition) is 5. The van der Waals surface area contributed by atoms with Gasteiger partial charge in [0.05, 0.1) is 24.9 Å². The number of carbonyl (C=O) groups is 1. The summed E-state index contributed by atoms with van der Waals surface area (Å²) in [5.41, 5.74) is 1.84. The molecule has 2 rings (SSSR count). The first-order chi connectivity index (χ1) is 12.6. The SMILES string of the molecule is CC(C)CC(NCc1cc(C=NCCO)ccn1)C(=O)N1CCCCC1. The van der Waals surface area contributed by atoms with Crippen LogP contribution in [0.25, 0.3) is 0 Å². The molecule has 0 radical (unpaired) electrons. The molecule has 1 atom stereocenters. The number of piperidine rings is 1. The summed E-state index contributed by atoms with van der Waals surface area (Å²) >= 11 is 0. The molecule has 144 valence electrons. The third-order valence-corrected chi connectivity index (χ3v) is 4.51. The quantitative estimate of drug-likeness (QED) is 0.661. The van der Waals surface area contributed by atoms with Crippen molar-refractivity contribution >= 4 is 12.1 Å². The zero-order chi connectivity index (χ0) is 18.8. The zero-order valence-corrected chi connectivity index (χ0v) is 16.0. The van der Waals surface area contributed by atoms with Crippen molar-refractivity contribution in [2.45, 2.75) is 52.1 Å². The Morgan fingerprint density at radius 1 is 1.38 bits per heavy atom. The molecule has 1 aromatic rings. The van der Waals surface area contributed by atoms with Crippen LogP contribution >= 0.6 is 0 Å². The van der Waals surface area contributed by atoms with Crippen molar-refractivity contribution in [1.82, 2.24) is 15.2 Å². The molecular formula is C20H32N4O2. The molecule has 0 aromatic carbocycles. The van der Waals surface area contributed by atoms with Crippen molar-refractivity contribution in [2.75, 3.05) is 26.2 Å². The second kappa shape index (κ2) is 11.0.